The molecule has 1 heterocycles. The number of allylic oxidation sites excluding steroid dienone is 1. The van der Waals surface area contributed by atoms with Gasteiger partial charge in [-0.3, -0.25) is 0 Å². The van der Waals surface area contributed by atoms with Gasteiger partial charge in [0.2, 0.25) is 0 Å². The average Bonchev–Trinajstić information content (AvgIpc) is 3.15. The first kappa shape index (κ1) is 27.7. The fraction of sp³-hybridized carbons (Fsp3) is 0.758. The van der Waals surface area contributed by atoms with Gasteiger partial charge in [0, 0.05) is 56.5 Å². The molecule has 2 N–H and O–H groups in total. The van der Waals surface area contributed by atoms with E-state index in [0.29, 0.717) is 38.1 Å². The highest BCUT2D eigenvalue weighted by atomic mass is 16.7. The molecule has 6 rings (SSSR count). The second-order valence-corrected chi connectivity index (χ2v) is 14.7. The van der Waals surface area contributed by atoms with Gasteiger partial charge in [0.15, 0.2) is 5.79 Å². The van der Waals surface area contributed by atoms with Gasteiger partial charge < -0.3 is 29.3 Å². The number of methoxy groups -OCH3 is 1. The highest BCUT2D eigenvalue weighted by molar-refractivity contribution is 5.50. The molecule has 216 valence electrons. The minimum Gasteiger partial charge on any atom is -0.387 e. The first-order valence-electron chi connectivity index (χ1n) is 15.1. The van der Waals surface area contributed by atoms with Gasteiger partial charge in [-0.15, -0.1) is 0 Å². The van der Waals surface area contributed by atoms with Gasteiger partial charge in [0.1, 0.15) is 0 Å². The molecule has 1 aromatic rings. The van der Waals surface area contributed by atoms with E-state index in [1.807, 2.05) is 0 Å². The van der Waals surface area contributed by atoms with Crippen LogP contribution in [0.1, 0.15) is 83.6 Å². The van der Waals surface area contributed by atoms with Gasteiger partial charge >= 0.3 is 0 Å². The number of rotatable bonds is 4. The lowest BCUT2D eigenvalue weighted by atomic mass is 9.49. The minimum atomic E-state index is -0.900. The van der Waals surface area contributed by atoms with E-state index in [9.17, 15) is 10.2 Å². The maximum atomic E-state index is 12.4. The highest BCUT2D eigenvalue weighted by Crippen LogP contribution is 2.68. The maximum absolute atomic E-state index is 12.4. The Morgan fingerprint density at radius 3 is 2.31 bits per heavy atom. The second kappa shape index (κ2) is 9.29. The fourth-order valence-corrected chi connectivity index (χ4v) is 9.13. The SMILES string of the molecule is COC[C@]1(O)CC[C@H]2[C@@H]3CC[C@@]4(O)CC5(CCC4=C3[C@@H](c3ccc(N(C)C)cc3)C[C@@]21C)OCC(C)(C)CO5. The molecule has 6 heteroatoms. The van der Waals surface area contributed by atoms with E-state index >= 15 is 0 Å². The molecule has 5 aliphatic rings. The van der Waals surface area contributed by atoms with Crippen molar-refractivity contribution < 1.29 is 24.4 Å². The van der Waals surface area contributed by atoms with Gasteiger partial charge in [-0.25, -0.2) is 0 Å². The third-order valence-corrected chi connectivity index (χ3v) is 11.4. The summed E-state index contributed by atoms with van der Waals surface area (Å²) >= 11 is 0. The van der Waals surface area contributed by atoms with Crippen molar-refractivity contribution in [1.82, 2.24) is 0 Å². The smallest absolute Gasteiger partial charge is 0.171 e. The van der Waals surface area contributed by atoms with Crippen molar-refractivity contribution in [2.24, 2.45) is 22.7 Å². The van der Waals surface area contributed by atoms with Crippen LogP contribution in [-0.2, 0) is 14.2 Å². The van der Waals surface area contributed by atoms with E-state index < -0.39 is 17.0 Å². The molecular formula is C33H49NO5. The Hall–Kier alpha value is -1.44. The normalized spacial score (nSPS) is 40.7. The highest BCUT2D eigenvalue weighted by Gasteiger charge is 2.65. The zero-order valence-electron chi connectivity index (χ0n) is 24.9. The van der Waals surface area contributed by atoms with Crippen LogP contribution in [0.4, 0.5) is 5.69 Å². The number of hydrogen-bond acceptors (Lipinski definition) is 6. The Balaban J connectivity index is 1.42. The molecule has 0 unspecified atom stereocenters. The number of hydrogen-bond donors (Lipinski definition) is 2. The Labute approximate surface area is 234 Å². The molecule has 0 aromatic heterocycles. The van der Waals surface area contributed by atoms with Gasteiger partial charge in [0.05, 0.1) is 31.0 Å². The first-order valence-corrected chi connectivity index (χ1v) is 15.1. The van der Waals surface area contributed by atoms with Gasteiger partial charge in [-0.2, -0.15) is 0 Å². The number of nitrogens with zero attached hydrogens (tertiary/aromatic N) is 1. The van der Waals surface area contributed by atoms with Gasteiger partial charge in [-0.1, -0.05) is 38.5 Å². The molecule has 39 heavy (non-hydrogen) atoms. The summed E-state index contributed by atoms with van der Waals surface area (Å²) in [7, 11) is 5.85. The van der Waals surface area contributed by atoms with Crippen LogP contribution in [0.3, 0.4) is 0 Å². The van der Waals surface area contributed by atoms with Crippen molar-refractivity contribution in [2.75, 3.05) is 45.9 Å². The predicted octanol–water partition coefficient (Wildman–Crippen LogP) is 5.42. The van der Waals surface area contributed by atoms with E-state index in [0.717, 1.165) is 44.9 Å². The van der Waals surface area contributed by atoms with Crippen LogP contribution in [-0.4, -0.2) is 68.2 Å². The van der Waals surface area contributed by atoms with E-state index in [-0.39, 0.29) is 16.7 Å². The monoisotopic (exact) mass is 539 g/mol. The van der Waals surface area contributed by atoms with E-state index in [1.54, 1.807) is 7.11 Å². The molecular weight excluding hydrogens is 490 g/mol. The zero-order chi connectivity index (χ0) is 27.8. The van der Waals surface area contributed by atoms with Crippen molar-refractivity contribution in [3.8, 4) is 0 Å². The number of benzene rings is 1. The third-order valence-electron chi connectivity index (χ3n) is 11.4. The summed E-state index contributed by atoms with van der Waals surface area (Å²) < 4.78 is 18.4. The van der Waals surface area contributed by atoms with Crippen LogP contribution < -0.4 is 4.90 Å². The van der Waals surface area contributed by atoms with Crippen LogP contribution in [0.5, 0.6) is 0 Å². The van der Waals surface area contributed by atoms with Gasteiger partial charge in [-0.05, 0) is 73.6 Å². The number of ether oxygens (including phenoxy) is 3. The fourth-order valence-electron chi connectivity index (χ4n) is 9.13. The summed E-state index contributed by atoms with van der Waals surface area (Å²) in [4.78, 5) is 2.13. The molecule has 1 aliphatic heterocycles. The topological polar surface area (TPSA) is 71.4 Å². The third kappa shape index (κ3) is 4.32. The molecule has 3 saturated carbocycles. The van der Waals surface area contributed by atoms with E-state index in [2.05, 4.69) is 64.0 Å². The number of fused-ring (bicyclic) bond motifs is 4. The molecule has 0 bridgehead atoms. The Bertz CT molecular complexity index is 1120. The molecule has 4 aliphatic carbocycles. The van der Waals surface area contributed by atoms with Crippen molar-refractivity contribution in [1.29, 1.82) is 0 Å². The van der Waals surface area contributed by atoms with E-state index in [1.165, 1.54) is 22.4 Å². The summed E-state index contributed by atoms with van der Waals surface area (Å²) in [5, 5.41) is 24.3. The molecule has 0 amide bonds. The largest absolute Gasteiger partial charge is 0.387 e. The molecule has 1 saturated heterocycles. The second-order valence-electron chi connectivity index (χ2n) is 14.7. The minimum absolute atomic E-state index is 0.00336. The van der Waals surface area contributed by atoms with Crippen molar-refractivity contribution in [3.63, 3.8) is 0 Å². The van der Waals surface area contributed by atoms with Crippen molar-refractivity contribution in [3.05, 3.63) is 41.0 Å². The maximum Gasteiger partial charge on any atom is 0.171 e. The Morgan fingerprint density at radius 1 is 0.974 bits per heavy atom. The zero-order valence-corrected chi connectivity index (χ0v) is 24.9. The lowest BCUT2D eigenvalue weighted by Crippen LogP contribution is -2.58. The van der Waals surface area contributed by atoms with Crippen LogP contribution in [0.15, 0.2) is 35.4 Å². The van der Waals surface area contributed by atoms with Crippen LogP contribution in [0.25, 0.3) is 0 Å². The Morgan fingerprint density at radius 2 is 1.67 bits per heavy atom. The standard InChI is InChI=1S/C33H49NO5/c1-29(2)19-38-33(39-20-29)16-13-27-28-24(11-14-31(27,35)18-33)26-12-15-32(36,21-37-6)30(26,3)17-25(28)22-7-9-23(10-8-22)34(4)5/h7-10,24-26,35-36H,11-21H2,1-6H3/t24-,25+,26-,30-,31+,32+/m0/s1. The summed E-state index contributed by atoms with van der Waals surface area (Å²) in [6, 6.07) is 8.95. The summed E-state index contributed by atoms with van der Waals surface area (Å²) in [5.41, 5.74) is 3.20. The summed E-state index contributed by atoms with van der Waals surface area (Å²) in [6.45, 7) is 8.37. The van der Waals surface area contributed by atoms with Crippen LogP contribution in [0, 0.1) is 22.7 Å². The summed E-state index contributed by atoms with van der Waals surface area (Å²) in [5.74, 6) is 0.238. The van der Waals surface area contributed by atoms with Crippen LogP contribution in [0.2, 0.25) is 0 Å². The average molecular weight is 540 g/mol. The van der Waals surface area contributed by atoms with Crippen molar-refractivity contribution >= 4 is 5.69 Å². The molecule has 1 aromatic carbocycles. The molecule has 6 nitrogen and oxygen atoms in total. The number of anilines is 1. The molecule has 6 atom stereocenters. The molecule has 0 radical (unpaired) electrons. The Kier molecular flexibility index (Phi) is 6.60. The lowest BCUT2D eigenvalue weighted by molar-refractivity contribution is -0.322. The predicted molar refractivity (Wildman–Crippen MR) is 153 cm³/mol. The quantitative estimate of drug-likeness (QED) is 0.498. The van der Waals surface area contributed by atoms with Crippen LogP contribution >= 0.6 is 0 Å². The molecule has 1 spiro atoms. The molecule has 4 fully saturated rings. The van der Waals surface area contributed by atoms with Gasteiger partial charge in [0.25, 0.3) is 0 Å². The number of aliphatic hydroxyl groups is 2. The summed E-state index contributed by atoms with van der Waals surface area (Å²) in [6.07, 6.45) is 6.44. The lowest BCUT2D eigenvalue weighted by Gasteiger charge is -2.58. The first-order chi connectivity index (χ1) is 18.3. The van der Waals surface area contributed by atoms with E-state index in [4.69, 9.17) is 14.2 Å². The van der Waals surface area contributed by atoms with Crippen molar-refractivity contribution in [2.45, 2.75) is 95.0 Å².